The highest BCUT2D eigenvalue weighted by Gasteiger charge is 2.44. The molecule has 2 aliphatic heterocycles. The Hall–Kier alpha value is -2.48. The number of carbonyl (C=O) groups is 3. The van der Waals surface area contributed by atoms with Crippen molar-refractivity contribution in [1.82, 2.24) is 15.5 Å². The van der Waals surface area contributed by atoms with Gasteiger partial charge in [-0.05, 0) is 25.1 Å². The van der Waals surface area contributed by atoms with Gasteiger partial charge in [0, 0.05) is 38.9 Å². The summed E-state index contributed by atoms with van der Waals surface area (Å²) in [6.07, 6.45) is -0.0462. The Bertz CT molecular complexity index is 748. The summed E-state index contributed by atoms with van der Waals surface area (Å²) in [4.78, 5) is 39.6. The van der Waals surface area contributed by atoms with E-state index in [4.69, 9.17) is 11.6 Å². The quantitative estimate of drug-likeness (QED) is 0.679. The summed E-state index contributed by atoms with van der Waals surface area (Å²) < 4.78 is 0. The van der Waals surface area contributed by atoms with Gasteiger partial charge in [0.05, 0.1) is 17.1 Å². The van der Waals surface area contributed by atoms with E-state index in [0.717, 1.165) is 11.4 Å². The third kappa shape index (κ3) is 3.55. The minimum atomic E-state index is -1.18. The van der Waals surface area contributed by atoms with Crippen LogP contribution in [0.15, 0.2) is 18.2 Å². The van der Waals surface area contributed by atoms with Gasteiger partial charge >= 0.3 is 6.03 Å². The molecule has 2 aliphatic rings. The normalized spacial score (nSPS) is 22.9. The maximum Gasteiger partial charge on any atom is 0.322 e. The Morgan fingerprint density at radius 2 is 1.96 bits per heavy atom. The zero-order valence-corrected chi connectivity index (χ0v) is 15.5. The zero-order chi connectivity index (χ0) is 18.9. The van der Waals surface area contributed by atoms with Gasteiger partial charge in [-0.3, -0.25) is 14.9 Å². The number of anilines is 2. The lowest BCUT2D eigenvalue weighted by Crippen LogP contribution is -2.53. The first kappa shape index (κ1) is 18.3. The lowest BCUT2D eigenvalue weighted by Gasteiger charge is -2.37. The van der Waals surface area contributed by atoms with Crippen LogP contribution >= 0.6 is 11.6 Å². The molecule has 140 valence electrons. The number of nitrogens with one attached hydrogen (secondary N) is 3. The summed E-state index contributed by atoms with van der Waals surface area (Å²) in [7, 11) is 1.82. The van der Waals surface area contributed by atoms with Crippen LogP contribution in [0.1, 0.15) is 13.3 Å². The molecule has 2 saturated heterocycles. The van der Waals surface area contributed by atoms with Crippen molar-refractivity contribution < 1.29 is 14.4 Å². The number of carbonyl (C=O) groups excluding carboxylic acids is 3. The number of imide groups is 1. The fourth-order valence-corrected chi connectivity index (χ4v) is 3.45. The maximum absolute atomic E-state index is 12.5. The van der Waals surface area contributed by atoms with Gasteiger partial charge in [0.15, 0.2) is 0 Å². The summed E-state index contributed by atoms with van der Waals surface area (Å²) in [5, 5.41) is 8.42. The third-order valence-corrected chi connectivity index (χ3v) is 5.17. The van der Waals surface area contributed by atoms with Crippen molar-refractivity contribution in [2.75, 3.05) is 43.4 Å². The lowest BCUT2D eigenvalue weighted by atomic mass is 9.97. The highest BCUT2D eigenvalue weighted by Crippen LogP contribution is 2.28. The van der Waals surface area contributed by atoms with Crippen LogP contribution in [0, 0.1) is 0 Å². The average Bonchev–Trinajstić information content (AvgIpc) is 2.87. The number of piperazine rings is 1. The van der Waals surface area contributed by atoms with E-state index in [-0.39, 0.29) is 12.3 Å². The number of benzene rings is 1. The molecule has 26 heavy (non-hydrogen) atoms. The summed E-state index contributed by atoms with van der Waals surface area (Å²) in [5.74, 6) is -0.605. The fourth-order valence-electron chi connectivity index (χ4n) is 3.23. The van der Waals surface area contributed by atoms with E-state index in [1.807, 2.05) is 25.2 Å². The molecule has 3 N–H and O–H groups in total. The van der Waals surface area contributed by atoms with Crippen LogP contribution in [-0.2, 0) is 9.59 Å². The maximum atomic E-state index is 12.5. The number of amides is 4. The molecule has 3 rings (SSSR count). The van der Waals surface area contributed by atoms with Crippen LogP contribution < -0.4 is 20.9 Å². The largest absolute Gasteiger partial charge is 0.387 e. The first-order chi connectivity index (χ1) is 12.3. The topological polar surface area (TPSA) is 93.8 Å². The number of nitrogens with zero attached hydrogens (tertiary/aromatic N) is 2. The molecule has 1 aromatic carbocycles. The Morgan fingerprint density at radius 3 is 2.54 bits per heavy atom. The van der Waals surface area contributed by atoms with E-state index in [0.29, 0.717) is 31.2 Å². The minimum Gasteiger partial charge on any atom is -0.387 e. The van der Waals surface area contributed by atoms with E-state index in [1.165, 1.54) is 0 Å². The van der Waals surface area contributed by atoms with Crippen molar-refractivity contribution in [3.05, 3.63) is 23.2 Å². The van der Waals surface area contributed by atoms with Crippen LogP contribution in [0.25, 0.3) is 0 Å². The third-order valence-electron chi connectivity index (χ3n) is 4.84. The number of urea groups is 1. The van der Waals surface area contributed by atoms with Gasteiger partial charge in [-0.2, -0.15) is 0 Å². The van der Waals surface area contributed by atoms with Gasteiger partial charge in [-0.15, -0.1) is 0 Å². The number of hydrogen-bond acceptors (Lipinski definition) is 5. The molecule has 0 aromatic heterocycles. The molecule has 2 heterocycles. The molecule has 0 aliphatic carbocycles. The molecule has 0 unspecified atom stereocenters. The highest BCUT2D eigenvalue weighted by molar-refractivity contribution is 6.33. The summed E-state index contributed by atoms with van der Waals surface area (Å²) >= 11 is 6.12. The Labute approximate surface area is 156 Å². The molecule has 2 fully saturated rings. The summed E-state index contributed by atoms with van der Waals surface area (Å²) in [5.41, 5.74) is 0.724. The second-order valence-corrected chi connectivity index (χ2v) is 7.11. The van der Waals surface area contributed by atoms with Gasteiger partial charge < -0.3 is 20.4 Å². The second kappa shape index (κ2) is 7.03. The Morgan fingerprint density at radius 1 is 1.27 bits per heavy atom. The number of rotatable bonds is 4. The molecule has 0 saturated carbocycles. The van der Waals surface area contributed by atoms with E-state index in [9.17, 15) is 14.4 Å². The molecule has 0 spiro atoms. The van der Waals surface area contributed by atoms with Gasteiger partial charge in [-0.25, -0.2) is 4.79 Å². The van der Waals surface area contributed by atoms with Crippen molar-refractivity contribution in [3.63, 3.8) is 0 Å². The number of halogens is 1. The first-order valence-electron chi connectivity index (χ1n) is 8.46. The van der Waals surface area contributed by atoms with E-state index in [2.05, 4.69) is 20.9 Å². The van der Waals surface area contributed by atoms with Gasteiger partial charge in [0.1, 0.15) is 5.54 Å². The van der Waals surface area contributed by atoms with Crippen LogP contribution in [0.5, 0.6) is 0 Å². The van der Waals surface area contributed by atoms with E-state index >= 15 is 0 Å². The molecule has 0 bridgehead atoms. The standard InChI is InChI=1S/C17H22ClN5O3/c1-17(15(25)20-16(26)21-17)10-14(24)23-7-5-22(6-8-23)11-3-4-12(18)13(9-11)19-2/h3-4,9,19H,5-8,10H2,1-2H3,(H2,20,21,25,26)/t17-/m1/s1. The summed E-state index contributed by atoms with van der Waals surface area (Å²) in [6.45, 7) is 4.05. The van der Waals surface area contributed by atoms with Gasteiger partial charge in [0.25, 0.3) is 5.91 Å². The predicted octanol–water partition coefficient (Wildman–Crippen LogP) is 1.02. The smallest absolute Gasteiger partial charge is 0.322 e. The van der Waals surface area contributed by atoms with Gasteiger partial charge in [-0.1, -0.05) is 11.6 Å². The van der Waals surface area contributed by atoms with Crippen LogP contribution in [0.2, 0.25) is 5.02 Å². The Kier molecular flexibility index (Phi) is 4.95. The second-order valence-electron chi connectivity index (χ2n) is 6.70. The SMILES string of the molecule is CNc1cc(N2CCN(C(=O)C[C@@]3(C)NC(=O)NC3=O)CC2)ccc1Cl. The predicted molar refractivity (Wildman–Crippen MR) is 99.5 cm³/mol. The van der Waals surface area contributed by atoms with Gasteiger partial charge in [0.2, 0.25) is 5.91 Å². The average molecular weight is 380 g/mol. The Balaban J connectivity index is 1.59. The molecule has 0 radical (unpaired) electrons. The molecule has 1 aromatic rings. The zero-order valence-electron chi connectivity index (χ0n) is 14.8. The van der Waals surface area contributed by atoms with Crippen molar-refractivity contribution in [2.45, 2.75) is 18.9 Å². The van der Waals surface area contributed by atoms with Crippen LogP contribution in [0.4, 0.5) is 16.2 Å². The van der Waals surface area contributed by atoms with Crippen molar-refractivity contribution in [2.24, 2.45) is 0 Å². The molecule has 4 amide bonds. The molecule has 1 atom stereocenters. The van der Waals surface area contributed by atoms with Crippen molar-refractivity contribution in [1.29, 1.82) is 0 Å². The monoisotopic (exact) mass is 379 g/mol. The molecule has 8 nitrogen and oxygen atoms in total. The molecular weight excluding hydrogens is 358 g/mol. The fraction of sp³-hybridized carbons (Fsp3) is 0.471. The summed E-state index contributed by atoms with van der Waals surface area (Å²) in [6, 6.07) is 5.24. The van der Waals surface area contributed by atoms with E-state index < -0.39 is 17.5 Å². The van der Waals surface area contributed by atoms with Crippen LogP contribution in [-0.4, -0.2) is 61.5 Å². The molecular formula is C17H22ClN5O3. The first-order valence-corrected chi connectivity index (χ1v) is 8.84. The number of hydrogen-bond donors (Lipinski definition) is 3. The lowest BCUT2D eigenvalue weighted by molar-refractivity contribution is -0.136. The highest BCUT2D eigenvalue weighted by atomic mass is 35.5. The van der Waals surface area contributed by atoms with Crippen molar-refractivity contribution in [3.8, 4) is 0 Å². The molecule has 9 heteroatoms. The van der Waals surface area contributed by atoms with Crippen molar-refractivity contribution >= 4 is 40.8 Å². The van der Waals surface area contributed by atoms with E-state index in [1.54, 1.807) is 11.8 Å². The van der Waals surface area contributed by atoms with Crippen LogP contribution in [0.3, 0.4) is 0 Å². The minimum absolute atomic E-state index is 0.0462.